The standard InChI is InChI=1S/C53H82OS6/c1-6-11-16-23-30-55-48-36-42-43-37-49(56-31-24-17-12-7-2)51(58-33-26-19-14-9-4)39-45(43)47-41-53(60-35-28-21-22-29-54)52(59-34-27-20-15-10-5)40-46(47)44(42)38-50(48)57-32-25-18-13-8-3/h36-41,54H,6-35H2,1-5H3. The molecule has 1 nitrogen and oxygen atoms in total. The number of hydrogen-bond donors (Lipinski definition) is 1. The van der Waals surface area contributed by atoms with Gasteiger partial charge >= 0.3 is 0 Å². The first kappa shape index (κ1) is 52.3. The van der Waals surface area contributed by atoms with Gasteiger partial charge < -0.3 is 5.11 Å². The minimum Gasteiger partial charge on any atom is -0.396 e. The Bertz CT molecular complexity index is 1410. The van der Waals surface area contributed by atoms with Gasteiger partial charge in [-0.2, -0.15) is 0 Å². The molecule has 0 aliphatic carbocycles. The third-order valence-electron chi connectivity index (χ3n) is 11.5. The summed E-state index contributed by atoms with van der Waals surface area (Å²) in [5.74, 6) is 7.10. The van der Waals surface area contributed by atoms with E-state index in [0.29, 0.717) is 6.61 Å². The zero-order valence-corrected chi connectivity index (χ0v) is 43.5. The van der Waals surface area contributed by atoms with Crippen LogP contribution in [0.1, 0.15) is 182 Å². The predicted molar refractivity (Wildman–Crippen MR) is 285 cm³/mol. The van der Waals surface area contributed by atoms with Crippen molar-refractivity contribution < 1.29 is 5.11 Å². The van der Waals surface area contributed by atoms with Crippen LogP contribution in [-0.4, -0.2) is 46.2 Å². The average molecular weight is 928 g/mol. The van der Waals surface area contributed by atoms with Gasteiger partial charge in [0, 0.05) is 36.0 Å². The van der Waals surface area contributed by atoms with Crippen molar-refractivity contribution in [2.45, 2.75) is 212 Å². The van der Waals surface area contributed by atoms with Crippen molar-refractivity contribution in [3.05, 3.63) is 36.4 Å². The topological polar surface area (TPSA) is 20.2 Å². The SMILES string of the molecule is CCCCCCSc1cc2c3cc(SCCCCCC)c(SCCCCCC)cc3c3cc(SCCCCCO)c(SCCCCCC)cc3c2cc1SCCCCCC. The van der Waals surface area contributed by atoms with Crippen LogP contribution in [0.2, 0.25) is 0 Å². The maximum atomic E-state index is 9.48. The van der Waals surface area contributed by atoms with Crippen LogP contribution < -0.4 is 0 Å². The summed E-state index contributed by atoms with van der Waals surface area (Å²) >= 11 is 12.7. The average Bonchev–Trinajstić information content (AvgIpc) is 3.26. The predicted octanol–water partition coefficient (Wildman–Crippen LogP) is 19.8. The molecule has 7 heteroatoms. The van der Waals surface area contributed by atoms with Gasteiger partial charge in [-0.05, 0) is 148 Å². The fourth-order valence-corrected chi connectivity index (χ4v) is 14.7. The molecule has 0 saturated heterocycles. The van der Waals surface area contributed by atoms with Gasteiger partial charge in [-0.3, -0.25) is 0 Å². The number of hydrogen-bond acceptors (Lipinski definition) is 7. The first-order chi connectivity index (χ1) is 29.6. The lowest BCUT2D eigenvalue weighted by Crippen LogP contribution is -1.94. The lowest BCUT2D eigenvalue weighted by atomic mass is 9.94. The monoisotopic (exact) mass is 926 g/mol. The van der Waals surface area contributed by atoms with E-state index < -0.39 is 0 Å². The van der Waals surface area contributed by atoms with Crippen LogP contribution >= 0.6 is 70.6 Å². The Kier molecular flexibility index (Phi) is 28.3. The fourth-order valence-electron chi connectivity index (χ4n) is 7.82. The summed E-state index contributed by atoms with van der Waals surface area (Å²) in [6, 6.07) is 15.8. The Hall–Kier alpha value is -0.280. The molecule has 0 aliphatic rings. The summed E-state index contributed by atoms with van der Waals surface area (Å²) in [6.45, 7) is 11.9. The number of thioether (sulfide) groups is 6. The third kappa shape index (κ3) is 17.9. The van der Waals surface area contributed by atoms with Crippen LogP contribution in [0.3, 0.4) is 0 Å². The lowest BCUT2D eigenvalue weighted by molar-refractivity contribution is 0.284. The molecule has 0 saturated carbocycles. The van der Waals surface area contributed by atoms with E-state index in [0.717, 1.165) is 25.0 Å². The van der Waals surface area contributed by atoms with Crippen LogP contribution in [0.15, 0.2) is 65.8 Å². The van der Waals surface area contributed by atoms with Gasteiger partial charge in [-0.1, -0.05) is 137 Å². The Morgan fingerprint density at radius 3 is 0.617 bits per heavy atom. The van der Waals surface area contributed by atoms with Crippen molar-refractivity contribution in [3.63, 3.8) is 0 Å². The maximum Gasteiger partial charge on any atom is 0.0431 e. The van der Waals surface area contributed by atoms with E-state index in [1.54, 1.807) is 0 Å². The van der Waals surface area contributed by atoms with E-state index in [1.807, 2.05) is 0 Å². The fraction of sp³-hybridized carbons (Fsp3) is 0.660. The number of fused-ring (bicyclic) bond motifs is 6. The lowest BCUT2D eigenvalue weighted by Gasteiger charge is -2.20. The first-order valence-electron chi connectivity index (χ1n) is 24.5. The first-order valence-corrected chi connectivity index (χ1v) is 30.4. The molecule has 0 fully saturated rings. The van der Waals surface area contributed by atoms with Gasteiger partial charge in [-0.15, -0.1) is 70.6 Å². The minimum absolute atomic E-state index is 0.300. The maximum absolute atomic E-state index is 9.48. The summed E-state index contributed by atoms with van der Waals surface area (Å²) in [7, 11) is 0. The van der Waals surface area contributed by atoms with Gasteiger partial charge in [-0.25, -0.2) is 0 Å². The second-order valence-corrected chi connectivity index (χ2v) is 23.5. The highest BCUT2D eigenvalue weighted by atomic mass is 32.2. The van der Waals surface area contributed by atoms with Crippen LogP contribution in [0, 0.1) is 0 Å². The Morgan fingerprint density at radius 2 is 0.450 bits per heavy atom. The largest absolute Gasteiger partial charge is 0.396 e. The molecule has 1 N–H and O–H groups in total. The number of benzene rings is 4. The molecule has 0 aliphatic heterocycles. The van der Waals surface area contributed by atoms with Crippen molar-refractivity contribution in [2.75, 3.05) is 41.1 Å². The van der Waals surface area contributed by atoms with Gasteiger partial charge in [0.05, 0.1) is 0 Å². The van der Waals surface area contributed by atoms with Gasteiger partial charge in [0.2, 0.25) is 0 Å². The van der Waals surface area contributed by atoms with E-state index in [-0.39, 0.29) is 0 Å². The number of unbranched alkanes of at least 4 members (excludes halogenated alkanes) is 17. The van der Waals surface area contributed by atoms with Gasteiger partial charge in [0.15, 0.2) is 0 Å². The van der Waals surface area contributed by atoms with E-state index in [2.05, 4.69) is 142 Å². The van der Waals surface area contributed by atoms with Crippen molar-refractivity contribution in [1.29, 1.82) is 0 Å². The third-order valence-corrected chi connectivity index (χ3v) is 18.7. The second-order valence-electron chi connectivity index (χ2n) is 16.7. The molecule has 0 bridgehead atoms. The molecule has 0 aromatic heterocycles. The molecular formula is C53H82OS6. The highest BCUT2D eigenvalue weighted by Crippen LogP contribution is 2.47. The zero-order valence-electron chi connectivity index (χ0n) is 38.6. The van der Waals surface area contributed by atoms with E-state index in [4.69, 9.17) is 0 Å². The van der Waals surface area contributed by atoms with E-state index >= 15 is 0 Å². The molecule has 60 heavy (non-hydrogen) atoms. The summed E-state index contributed by atoms with van der Waals surface area (Å²) in [5.41, 5.74) is 0. The van der Waals surface area contributed by atoms with Gasteiger partial charge in [0.25, 0.3) is 0 Å². The molecule has 4 rings (SSSR count). The Morgan fingerprint density at radius 1 is 0.267 bits per heavy atom. The number of aliphatic hydroxyl groups excluding tert-OH is 1. The van der Waals surface area contributed by atoms with Crippen LogP contribution in [0.4, 0.5) is 0 Å². The normalized spacial score (nSPS) is 11.9. The Balaban J connectivity index is 1.95. The molecule has 336 valence electrons. The van der Waals surface area contributed by atoms with Crippen LogP contribution in [0.5, 0.6) is 0 Å². The van der Waals surface area contributed by atoms with Crippen molar-refractivity contribution in [2.24, 2.45) is 0 Å². The summed E-state index contributed by atoms with van der Waals surface area (Å²) in [5, 5.41) is 18.2. The van der Waals surface area contributed by atoms with E-state index in [9.17, 15) is 5.11 Å². The molecule has 4 aromatic carbocycles. The number of rotatable bonds is 36. The molecule has 4 aromatic rings. The van der Waals surface area contributed by atoms with Crippen LogP contribution in [0.25, 0.3) is 32.3 Å². The van der Waals surface area contributed by atoms with Crippen molar-refractivity contribution in [1.82, 2.24) is 0 Å². The van der Waals surface area contributed by atoms with Gasteiger partial charge in [0.1, 0.15) is 0 Å². The summed E-state index contributed by atoms with van der Waals surface area (Å²) < 4.78 is 0. The smallest absolute Gasteiger partial charge is 0.0431 e. The van der Waals surface area contributed by atoms with Crippen molar-refractivity contribution >= 4 is 103 Å². The zero-order chi connectivity index (χ0) is 42.6. The van der Waals surface area contributed by atoms with Crippen LogP contribution in [-0.2, 0) is 0 Å². The molecule has 0 spiro atoms. The highest BCUT2D eigenvalue weighted by Gasteiger charge is 2.19. The number of aliphatic hydroxyl groups is 1. The second kappa shape index (κ2) is 32.4. The molecule has 0 unspecified atom stereocenters. The molecule has 0 amide bonds. The highest BCUT2D eigenvalue weighted by molar-refractivity contribution is 8.03. The van der Waals surface area contributed by atoms with E-state index in [1.165, 1.54) is 219 Å². The molecule has 0 heterocycles. The summed E-state index contributed by atoms with van der Waals surface area (Å²) in [4.78, 5) is 8.93. The summed E-state index contributed by atoms with van der Waals surface area (Å²) in [6.07, 6.45) is 29.4. The minimum atomic E-state index is 0.300. The molecule has 0 radical (unpaired) electrons. The molecule has 0 atom stereocenters. The Labute approximate surface area is 394 Å². The van der Waals surface area contributed by atoms with Crippen molar-refractivity contribution in [3.8, 4) is 0 Å². The quantitative estimate of drug-likeness (QED) is 0.0275. The molecular weight excluding hydrogens is 845 g/mol.